The van der Waals surface area contributed by atoms with Crippen molar-refractivity contribution < 1.29 is 14.3 Å². The number of unbranched alkanes of at least 4 members (excludes halogenated alkanes) is 6. The van der Waals surface area contributed by atoms with E-state index in [-0.39, 0.29) is 0 Å². The number of hydrogen-bond acceptors (Lipinski definition) is 2. The standard InChI is InChI=1S/C18H30O3/c1-3-4-5-9-12-17-15(2)14-16(21-17)11-8-6-7-10-13-18(19)20/h14H,3-13H2,1-2H3,(H,19,20). The molecule has 3 nitrogen and oxygen atoms in total. The van der Waals surface area contributed by atoms with Gasteiger partial charge in [-0.25, -0.2) is 0 Å². The molecule has 1 heterocycles. The zero-order chi connectivity index (χ0) is 15.5. The van der Waals surface area contributed by atoms with Gasteiger partial charge in [0.25, 0.3) is 0 Å². The molecule has 0 atom stereocenters. The smallest absolute Gasteiger partial charge is 0.303 e. The minimum Gasteiger partial charge on any atom is -0.481 e. The second-order valence-corrected chi connectivity index (χ2v) is 5.94. The summed E-state index contributed by atoms with van der Waals surface area (Å²) in [4.78, 5) is 10.4. The first-order valence-corrected chi connectivity index (χ1v) is 8.43. The van der Waals surface area contributed by atoms with E-state index in [1.54, 1.807) is 0 Å². The van der Waals surface area contributed by atoms with E-state index in [2.05, 4.69) is 19.9 Å². The van der Waals surface area contributed by atoms with Crippen LogP contribution in [-0.2, 0) is 17.6 Å². The first-order valence-electron chi connectivity index (χ1n) is 8.43. The normalized spacial score (nSPS) is 11.0. The van der Waals surface area contributed by atoms with Crippen molar-refractivity contribution in [3.63, 3.8) is 0 Å². The molecule has 0 saturated carbocycles. The fourth-order valence-electron chi connectivity index (χ4n) is 2.60. The van der Waals surface area contributed by atoms with Crippen LogP contribution in [-0.4, -0.2) is 11.1 Å². The van der Waals surface area contributed by atoms with Gasteiger partial charge < -0.3 is 9.52 Å². The Morgan fingerprint density at radius 2 is 1.71 bits per heavy atom. The molecule has 1 rings (SSSR count). The van der Waals surface area contributed by atoms with Gasteiger partial charge in [-0.3, -0.25) is 4.79 Å². The highest BCUT2D eigenvalue weighted by Crippen LogP contribution is 2.19. The number of aryl methyl sites for hydroxylation is 3. The van der Waals surface area contributed by atoms with Gasteiger partial charge in [0.1, 0.15) is 11.5 Å². The molecule has 3 heteroatoms. The molecule has 0 aliphatic carbocycles. The molecule has 0 radical (unpaired) electrons. The average Bonchev–Trinajstić information content (AvgIpc) is 2.79. The number of carboxylic acids is 1. The van der Waals surface area contributed by atoms with Crippen LogP contribution in [0.5, 0.6) is 0 Å². The highest BCUT2D eigenvalue weighted by Gasteiger charge is 2.07. The predicted octanol–water partition coefficient (Wildman–Crippen LogP) is 5.29. The Balaban J connectivity index is 2.19. The average molecular weight is 294 g/mol. The van der Waals surface area contributed by atoms with E-state index in [0.717, 1.165) is 50.0 Å². The Bertz CT molecular complexity index is 407. The first-order chi connectivity index (χ1) is 10.1. The summed E-state index contributed by atoms with van der Waals surface area (Å²) in [7, 11) is 0. The fourth-order valence-corrected chi connectivity index (χ4v) is 2.60. The van der Waals surface area contributed by atoms with Gasteiger partial charge in [0.15, 0.2) is 0 Å². The van der Waals surface area contributed by atoms with Crippen molar-refractivity contribution in [2.75, 3.05) is 0 Å². The van der Waals surface area contributed by atoms with Crippen LogP contribution in [0.15, 0.2) is 10.5 Å². The van der Waals surface area contributed by atoms with Crippen molar-refractivity contribution in [2.45, 2.75) is 84.5 Å². The molecule has 1 aromatic rings. The monoisotopic (exact) mass is 294 g/mol. The molecular formula is C18H30O3. The van der Waals surface area contributed by atoms with E-state index in [0.29, 0.717) is 6.42 Å². The molecule has 0 unspecified atom stereocenters. The minimum absolute atomic E-state index is 0.293. The molecule has 0 amide bonds. The molecule has 0 fully saturated rings. The fraction of sp³-hybridized carbons (Fsp3) is 0.722. The quantitative estimate of drug-likeness (QED) is 0.533. The van der Waals surface area contributed by atoms with Crippen molar-refractivity contribution in [1.82, 2.24) is 0 Å². The van der Waals surface area contributed by atoms with Crippen LogP contribution in [0, 0.1) is 6.92 Å². The van der Waals surface area contributed by atoms with Crippen LogP contribution < -0.4 is 0 Å². The molecule has 21 heavy (non-hydrogen) atoms. The van der Waals surface area contributed by atoms with Gasteiger partial charge >= 0.3 is 5.97 Å². The highest BCUT2D eigenvalue weighted by atomic mass is 16.4. The Labute approximate surface area is 128 Å². The van der Waals surface area contributed by atoms with Gasteiger partial charge in [-0.2, -0.15) is 0 Å². The molecule has 0 saturated heterocycles. The van der Waals surface area contributed by atoms with Crippen molar-refractivity contribution >= 4 is 5.97 Å². The van der Waals surface area contributed by atoms with Crippen molar-refractivity contribution in [3.8, 4) is 0 Å². The zero-order valence-electron chi connectivity index (χ0n) is 13.6. The maximum atomic E-state index is 10.4. The summed E-state index contributed by atoms with van der Waals surface area (Å²) >= 11 is 0. The number of furan rings is 1. The lowest BCUT2D eigenvalue weighted by Crippen LogP contribution is -1.93. The molecule has 120 valence electrons. The van der Waals surface area contributed by atoms with Crippen molar-refractivity contribution in [3.05, 3.63) is 23.2 Å². The van der Waals surface area contributed by atoms with E-state index in [1.807, 2.05) is 0 Å². The number of hydrogen-bond donors (Lipinski definition) is 1. The van der Waals surface area contributed by atoms with Crippen LogP contribution in [0.4, 0.5) is 0 Å². The summed E-state index contributed by atoms with van der Waals surface area (Å²) in [6.07, 6.45) is 11.4. The summed E-state index contributed by atoms with van der Waals surface area (Å²) in [6, 6.07) is 2.17. The van der Waals surface area contributed by atoms with Crippen LogP contribution in [0.1, 0.15) is 81.8 Å². The van der Waals surface area contributed by atoms with Crippen molar-refractivity contribution in [2.24, 2.45) is 0 Å². The van der Waals surface area contributed by atoms with Gasteiger partial charge in [-0.15, -0.1) is 0 Å². The second kappa shape index (κ2) is 10.5. The third kappa shape index (κ3) is 7.93. The molecule has 0 aliphatic rings. The second-order valence-electron chi connectivity index (χ2n) is 5.94. The summed E-state index contributed by atoms with van der Waals surface area (Å²) < 4.78 is 5.95. The first kappa shape index (κ1) is 17.8. The maximum absolute atomic E-state index is 10.4. The van der Waals surface area contributed by atoms with Gasteiger partial charge in [0, 0.05) is 19.3 Å². The lowest BCUT2D eigenvalue weighted by Gasteiger charge is -2.00. The largest absolute Gasteiger partial charge is 0.481 e. The van der Waals surface area contributed by atoms with Crippen LogP contribution in [0.25, 0.3) is 0 Å². The van der Waals surface area contributed by atoms with Gasteiger partial charge in [-0.1, -0.05) is 39.0 Å². The minimum atomic E-state index is -0.690. The molecule has 0 bridgehead atoms. The van der Waals surface area contributed by atoms with Gasteiger partial charge in [0.05, 0.1) is 0 Å². The Morgan fingerprint density at radius 3 is 2.43 bits per heavy atom. The van der Waals surface area contributed by atoms with E-state index in [4.69, 9.17) is 9.52 Å². The summed E-state index contributed by atoms with van der Waals surface area (Å²) in [6.45, 7) is 4.36. The van der Waals surface area contributed by atoms with E-state index >= 15 is 0 Å². The van der Waals surface area contributed by atoms with E-state index < -0.39 is 5.97 Å². The lowest BCUT2D eigenvalue weighted by molar-refractivity contribution is -0.137. The predicted molar refractivity (Wildman–Crippen MR) is 85.7 cm³/mol. The Hall–Kier alpha value is -1.25. The molecule has 0 aromatic carbocycles. The lowest BCUT2D eigenvalue weighted by atomic mass is 10.1. The topological polar surface area (TPSA) is 50.4 Å². The highest BCUT2D eigenvalue weighted by molar-refractivity contribution is 5.66. The number of aliphatic carboxylic acids is 1. The van der Waals surface area contributed by atoms with Gasteiger partial charge in [0.2, 0.25) is 0 Å². The molecule has 1 aromatic heterocycles. The van der Waals surface area contributed by atoms with E-state index in [9.17, 15) is 4.79 Å². The number of carbonyl (C=O) groups is 1. The number of carboxylic acid groups (broad SMARTS) is 1. The molecule has 0 spiro atoms. The van der Waals surface area contributed by atoms with Crippen LogP contribution >= 0.6 is 0 Å². The molecule has 1 N–H and O–H groups in total. The third-order valence-corrected chi connectivity index (χ3v) is 3.89. The van der Waals surface area contributed by atoms with Crippen LogP contribution in [0.3, 0.4) is 0 Å². The van der Waals surface area contributed by atoms with E-state index in [1.165, 1.54) is 31.2 Å². The van der Waals surface area contributed by atoms with Gasteiger partial charge in [-0.05, 0) is 37.8 Å². The Kier molecular flexibility index (Phi) is 8.88. The summed E-state index contributed by atoms with van der Waals surface area (Å²) in [5.74, 6) is 1.56. The number of rotatable bonds is 12. The zero-order valence-corrected chi connectivity index (χ0v) is 13.6. The Morgan fingerprint density at radius 1 is 1.05 bits per heavy atom. The third-order valence-electron chi connectivity index (χ3n) is 3.89. The maximum Gasteiger partial charge on any atom is 0.303 e. The van der Waals surface area contributed by atoms with Crippen LogP contribution in [0.2, 0.25) is 0 Å². The summed E-state index contributed by atoms with van der Waals surface area (Å²) in [5, 5.41) is 8.57. The molecule has 0 aliphatic heterocycles. The SMILES string of the molecule is CCCCCCc1oc(CCCCCCC(=O)O)cc1C. The summed E-state index contributed by atoms with van der Waals surface area (Å²) in [5.41, 5.74) is 1.28. The van der Waals surface area contributed by atoms with Crippen molar-refractivity contribution in [1.29, 1.82) is 0 Å². The molecular weight excluding hydrogens is 264 g/mol.